The standard InChI is InChI=1S/C15H20ClN3O2/c1-2-3-13(17)15(21)19-10-6-7-12(16)11(8-10)14(20)18-9-4-5-9/h6-9,13H,2-5,17H2,1H3,(H,18,20)(H,19,21). The Labute approximate surface area is 129 Å². The van der Waals surface area contributed by atoms with Crippen molar-refractivity contribution in [2.24, 2.45) is 5.73 Å². The third-order valence-corrected chi connectivity index (χ3v) is 3.66. The van der Waals surface area contributed by atoms with Crippen LogP contribution in [0.15, 0.2) is 18.2 Å². The molecular formula is C15H20ClN3O2. The van der Waals surface area contributed by atoms with Crippen molar-refractivity contribution in [1.82, 2.24) is 5.32 Å². The van der Waals surface area contributed by atoms with Crippen LogP contribution in [0.3, 0.4) is 0 Å². The predicted molar refractivity (Wildman–Crippen MR) is 83.5 cm³/mol. The molecule has 0 heterocycles. The Morgan fingerprint density at radius 3 is 2.76 bits per heavy atom. The zero-order chi connectivity index (χ0) is 15.4. The molecule has 114 valence electrons. The topological polar surface area (TPSA) is 84.2 Å². The van der Waals surface area contributed by atoms with Gasteiger partial charge in [-0.1, -0.05) is 24.9 Å². The Kier molecular flexibility index (Phi) is 5.20. The molecule has 2 amide bonds. The Hall–Kier alpha value is -1.59. The van der Waals surface area contributed by atoms with Gasteiger partial charge >= 0.3 is 0 Å². The van der Waals surface area contributed by atoms with Gasteiger partial charge in [0.15, 0.2) is 0 Å². The predicted octanol–water partition coefficient (Wildman–Crippen LogP) is 2.30. The molecule has 1 aliphatic carbocycles. The molecule has 1 saturated carbocycles. The van der Waals surface area contributed by atoms with E-state index >= 15 is 0 Å². The number of nitrogens with one attached hydrogen (secondary N) is 2. The lowest BCUT2D eigenvalue weighted by Gasteiger charge is -2.13. The highest BCUT2D eigenvalue weighted by Gasteiger charge is 2.25. The number of amides is 2. The molecule has 2 rings (SSSR count). The summed E-state index contributed by atoms with van der Waals surface area (Å²) in [7, 11) is 0. The van der Waals surface area contributed by atoms with E-state index in [1.807, 2.05) is 6.92 Å². The van der Waals surface area contributed by atoms with Crippen LogP contribution in [0.2, 0.25) is 5.02 Å². The first-order valence-electron chi connectivity index (χ1n) is 7.18. The van der Waals surface area contributed by atoms with Crippen LogP contribution in [0.1, 0.15) is 43.0 Å². The quantitative estimate of drug-likeness (QED) is 0.754. The second kappa shape index (κ2) is 6.91. The van der Waals surface area contributed by atoms with E-state index in [2.05, 4.69) is 10.6 Å². The molecule has 1 atom stereocenters. The van der Waals surface area contributed by atoms with Crippen molar-refractivity contribution < 1.29 is 9.59 Å². The zero-order valence-electron chi connectivity index (χ0n) is 12.0. The maximum absolute atomic E-state index is 12.1. The van der Waals surface area contributed by atoms with E-state index in [1.54, 1.807) is 18.2 Å². The summed E-state index contributed by atoms with van der Waals surface area (Å²) in [5.41, 5.74) is 6.65. The number of carbonyl (C=O) groups excluding carboxylic acids is 2. The third kappa shape index (κ3) is 4.44. The van der Waals surface area contributed by atoms with E-state index < -0.39 is 6.04 Å². The van der Waals surface area contributed by atoms with Gasteiger partial charge in [0, 0.05) is 11.7 Å². The Morgan fingerprint density at radius 2 is 2.14 bits per heavy atom. The van der Waals surface area contributed by atoms with Crippen molar-refractivity contribution in [1.29, 1.82) is 0 Å². The monoisotopic (exact) mass is 309 g/mol. The van der Waals surface area contributed by atoms with Crippen LogP contribution in [0.4, 0.5) is 5.69 Å². The third-order valence-electron chi connectivity index (χ3n) is 3.33. The highest BCUT2D eigenvalue weighted by Crippen LogP contribution is 2.24. The maximum Gasteiger partial charge on any atom is 0.253 e. The van der Waals surface area contributed by atoms with Crippen molar-refractivity contribution in [3.63, 3.8) is 0 Å². The lowest BCUT2D eigenvalue weighted by molar-refractivity contribution is -0.117. The Morgan fingerprint density at radius 1 is 1.43 bits per heavy atom. The number of benzene rings is 1. The number of rotatable bonds is 6. The number of hydrogen-bond donors (Lipinski definition) is 3. The van der Waals surface area contributed by atoms with Gasteiger partial charge in [0.05, 0.1) is 16.6 Å². The summed E-state index contributed by atoms with van der Waals surface area (Å²) in [6.07, 6.45) is 3.47. The molecule has 1 aliphatic rings. The van der Waals surface area contributed by atoms with E-state index in [9.17, 15) is 9.59 Å². The van der Waals surface area contributed by atoms with Crippen molar-refractivity contribution in [2.75, 3.05) is 5.32 Å². The van der Waals surface area contributed by atoms with Gasteiger partial charge in [-0.15, -0.1) is 0 Å². The molecule has 4 N–H and O–H groups in total. The fourth-order valence-corrected chi connectivity index (χ4v) is 2.15. The van der Waals surface area contributed by atoms with Crippen molar-refractivity contribution in [2.45, 2.75) is 44.7 Å². The van der Waals surface area contributed by atoms with Gasteiger partial charge in [-0.2, -0.15) is 0 Å². The van der Waals surface area contributed by atoms with Gasteiger partial charge in [-0.05, 0) is 37.5 Å². The van der Waals surface area contributed by atoms with Gasteiger partial charge in [0.25, 0.3) is 5.91 Å². The van der Waals surface area contributed by atoms with Crippen molar-refractivity contribution in [3.8, 4) is 0 Å². The second-order valence-electron chi connectivity index (χ2n) is 5.33. The average molecular weight is 310 g/mol. The van der Waals surface area contributed by atoms with Gasteiger partial charge < -0.3 is 16.4 Å². The van der Waals surface area contributed by atoms with E-state index in [0.717, 1.165) is 19.3 Å². The molecule has 0 radical (unpaired) electrons. The second-order valence-corrected chi connectivity index (χ2v) is 5.73. The largest absolute Gasteiger partial charge is 0.349 e. The molecule has 0 aliphatic heterocycles. The van der Waals surface area contributed by atoms with E-state index in [1.165, 1.54) is 0 Å². The first kappa shape index (κ1) is 15.8. The molecule has 1 fully saturated rings. The first-order valence-corrected chi connectivity index (χ1v) is 7.56. The minimum Gasteiger partial charge on any atom is -0.349 e. The van der Waals surface area contributed by atoms with Crippen LogP contribution >= 0.6 is 11.6 Å². The van der Waals surface area contributed by atoms with Crippen LogP contribution in [0.5, 0.6) is 0 Å². The van der Waals surface area contributed by atoms with Crippen molar-refractivity contribution in [3.05, 3.63) is 28.8 Å². The number of nitrogens with two attached hydrogens (primary N) is 1. The van der Waals surface area contributed by atoms with E-state index in [4.69, 9.17) is 17.3 Å². The molecule has 0 bridgehead atoms. The summed E-state index contributed by atoms with van der Waals surface area (Å²) < 4.78 is 0. The number of anilines is 1. The number of halogens is 1. The molecule has 1 unspecified atom stereocenters. The van der Waals surface area contributed by atoms with E-state index in [0.29, 0.717) is 22.7 Å². The van der Waals surface area contributed by atoms with Gasteiger partial charge in [-0.3, -0.25) is 9.59 Å². The van der Waals surface area contributed by atoms with Crippen LogP contribution in [-0.4, -0.2) is 23.9 Å². The maximum atomic E-state index is 12.1. The zero-order valence-corrected chi connectivity index (χ0v) is 12.7. The van der Waals surface area contributed by atoms with E-state index in [-0.39, 0.29) is 17.9 Å². The highest BCUT2D eigenvalue weighted by atomic mass is 35.5. The normalized spacial score (nSPS) is 15.4. The smallest absolute Gasteiger partial charge is 0.253 e. The molecule has 0 saturated heterocycles. The summed E-state index contributed by atoms with van der Waals surface area (Å²) in [6.45, 7) is 1.97. The molecular weight excluding hydrogens is 290 g/mol. The Bertz CT molecular complexity index is 544. The molecule has 5 nitrogen and oxygen atoms in total. The lowest BCUT2D eigenvalue weighted by atomic mass is 10.1. The summed E-state index contributed by atoms with van der Waals surface area (Å²) in [5, 5.41) is 5.95. The van der Waals surface area contributed by atoms with Crippen LogP contribution in [0.25, 0.3) is 0 Å². The molecule has 0 spiro atoms. The fraction of sp³-hybridized carbons (Fsp3) is 0.467. The highest BCUT2D eigenvalue weighted by molar-refractivity contribution is 6.34. The van der Waals surface area contributed by atoms with Crippen molar-refractivity contribution >= 4 is 29.1 Å². The van der Waals surface area contributed by atoms with Crippen LogP contribution in [0, 0.1) is 0 Å². The van der Waals surface area contributed by atoms with Gasteiger partial charge in [0.2, 0.25) is 5.91 Å². The summed E-state index contributed by atoms with van der Waals surface area (Å²) >= 11 is 6.05. The van der Waals surface area contributed by atoms with Gasteiger partial charge in [0.1, 0.15) is 0 Å². The minimum atomic E-state index is -0.547. The molecule has 0 aromatic heterocycles. The first-order chi connectivity index (χ1) is 10.0. The number of carbonyl (C=O) groups is 2. The summed E-state index contributed by atoms with van der Waals surface area (Å²) in [6, 6.07) is 4.55. The van der Waals surface area contributed by atoms with Gasteiger partial charge in [-0.25, -0.2) is 0 Å². The fourth-order valence-electron chi connectivity index (χ4n) is 1.94. The van der Waals surface area contributed by atoms with Crippen LogP contribution < -0.4 is 16.4 Å². The molecule has 21 heavy (non-hydrogen) atoms. The molecule has 6 heteroatoms. The number of hydrogen-bond acceptors (Lipinski definition) is 3. The Balaban J connectivity index is 2.06. The average Bonchev–Trinajstić information content (AvgIpc) is 3.25. The molecule has 1 aromatic carbocycles. The summed E-state index contributed by atoms with van der Waals surface area (Å²) in [5.74, 6) is -0.468. The van der Waals surface area contributed by atoms with Crippen LogP contribution in [-0.2, 0) is 4.79 Å². The summed E-state index contributed by atoms with van der Waals surface area (Å²) in [4.78, 5) is 23.9. The SMILES string of the molecule is CCCC(N)C(=O)Nc1ccc(Cl)c(C(=O)NC2CC2)c1. The lowest BCUT2D eigenvalue weighted by Crippen LogP contribution is -2.35. The molecule has 1 aromatic rings. The minimum absolute atomic E-state index is 0.212.